The van der Waals surface area contributed by atoms with Crippen molar-refractivity contribution in [2.75, 3.05) is 17.6 Å². The largest absolute Gasteiger partial charge is 0.381 e. The Balaban J connectivity index is 2.45. The van der Waals surface area contributed by atoms with Gasteiger partial charge in [-0.1, -0.05) is 0 Å². The number of aromatic nitrogens is 2. The highest BCUT2D eigenvalue weighted by Gasteiger charge is 2.13. The van der Waals surface area contributed by atoms with E-state index >= 15 is 0 Å². The van der Waals surface area contributed by atoms with Crippen LogP contribution in [0.2, 0.25) is 0 Å². The van der Waals surface area contributed by atoms with Gasteiger partial charge in [0.15, 0.2) is 0 Å². The summed E-state index contributed by atoms with van der Waals surface area (Å²) in [6, 6.07) is 0. The van der Waals surface area contributed by atoms with E-state index in [9.17, 15) is 0 Å². The summed E-state index contributed by atoms with van der Waals surface area (Å²) in [7, 11) is 0. The molecule has 4 heteroatoms. The van der Waals surface area contributed by atoms with Crippen molar-refractivity contribution < 1.29 is 0 Å². The Morgan fingerprint density at radius 2 is 2.50 bits per heavy atom. The minimum Gasteiger partial charge on any atom is -0.381 e. The molecule has 3 nitrogen and oxygen atoms in total. The summed E-state index contributed by atoms with van der Waals surface area (Å²) in [4.78, 5) is 0. The Morgan fingerprint density at radius 1 is 1.60 bits per heavy atom. The molecule has 2 heterocycles. The summed E-state index contributed by atoms with van der Waals surface area (Å²) >= 11 is 1.80. The van der Waals surface area contributed by atoms with Crippen LogP contribution < -0.4 is 5.32 Å². The first-order valence-electron chi connectivity index (χ1n) is 3.29. The lowest BCUT2D eigenvalue weighted by Crippen LogP contribution is -2.09. The maximum Gasteiger partial charge on any atom is 0.141 e. The molecular weight excluding hydrogens is 146 g/mol. The molecule has 0 spiro atoms. The van der Waals surface area contributed by atoms with Crippen LogP contribution in [0.4, 0.5) is 5.69 Å². The number of fused-ring (bicyclic) bond motifs is 1. The second-order valence-electron chi connectivity index (χ2n) is 2.30. The number of aromatic amines is 1. The van der Waals surface area contributed by atoms with Gasteiger partial charge in [0.1, 0.15) is 5.03 Å². The molecule has 0 atom stereocenters. The van der Waals surface area contributed by atoms with E-state index < -0.39 is 0 Å². The summed E-state index contributed by atoms with van der Waals surface area (Å²) in [5.41, 5.74) is 2.33. The van der Waals surface area contributed by atoms with Gasteiger partial charge >= 0.3 is 0 Å². The number of anilines is 1. The van der Waals surface area contributed by atoms with Crippen molar-refractivity contribution in [2.24, 2.45) is 0 Å². The molecule has 0 radical (unpaired) electrons. The molecule has 0 amide bonds. The fraction of sp³-hybridized carbons (Fsp3) is 0.500. The van der Waals surface area contributed by atoms with Crippen LogP contribution in [0, 0.1) is 6.92 Å². The Labute approximate surface area is 63.6 Å². The summed E-state index contributed by atoms with van der Waals surface area (Å²) in [5.74, 6) is 1.12. The van der Waals surface area contributed by atoms with Crippen LogP contribution in [-0.2, 0) is 0 Å². The third-order valence-electron chi connectivity index (χ3n) is 1.56. The molecule has 1 aliphatic rings. The van der Waals surface area contributed by atoms with Gasteiger partial charge in [-0.15, -0.1) is 11.8 Å². The Morgan fingerprint density at radius 3 is 3.30 bits per heavy atom. The van der Waals surface area contributed by atoms with E-state index in [0.29, 0.717) is 0 Å². The van der Waals surface area contributed by atoms with Crippen LogP contribution in [0.1, 0.15) is 5.69 Å². The Kier molecular flexibility index (Phi) is 1.34. The minimum absolute atomic E-state index is 1.05. The third-order valence-corrected chi connectivity index (χ3v) is 2.53. The fourth-order valence-electron chi connectivity index (χ4n) is 1.04. The van der Waals surface area contributed by atoms with Gasteiger partial charge in [-0.2, -0.15) is 5.10 Å². The molecule has 1 aliphatic heterocycles. The number of thioether (sulfide) groups is 1. The van der Waals surface area contributed by atoms with Gasteiger partial charge in [-0.25, -0.2) is 0 Å². The first-order chi connectivity index (χ1) is 4.88. The van der Waals surface area contributed by atoms with Gasteiger partial charge in [0, 0.05) is 12.3 Å². The molecule has 1 aromatic rings. The van der Waals surface area contributed by atoms with Crippen molar-refractivity contribution in [3.63, 3.8) is 0 Å². The first kappa shape index (κ1) is 6.09. The lowest BCUT2D eigenvalue weighted by molar-refractivity contribution is 0.978. The fourth-order valence-corrected chi connectivity index (χ4v) is 1.92. The molecule has 0 unspecified atom stereocenters. The highest BCUT2D eigenvalue weighted by molar-refractivity contribution is 7.99. The lowest BCUT2D eigenvalue weighted by Gasteiger charge is -2.11. The summed E-state index contributed by atoms with van der Waals surface area (Å²) in [6.45, 7) is 3.09. The topological polar surface area (TPSA) is 40.7 Å². The summed E-state index contributed by atoms with van der Waals surface area (Å²) in [6.07, 6.45) is 0. The minimum atomic E-state index is 1.05. The number of nitrogens with zero attached hydrogens (tertiary/aromatic N) is 1. The van der Waals surface area contributed by atoms with E-state index in [2.05, 4.69) is 15.5 Å². The van der Waals surface area contributed by atoms with E-state index in [0.717, 1.165) is 23.0 Å². The molecule has 0 aliphatic carbocycles. The molecule has 2 rings (SSSR count). The molecular formula is C6H9N3S. The van der Waals surface area contributed by atoms with Crippen LogP contribution in [-0.4, -0.2) is 22.5 Å². The predicted molar refractivity (Wildman–Crippen MR) is 42.5 cm³/mol. The van der Waals surface area contributed by atoms with Crippen LogP contribution in [0.5, 0.6) is 0 Å². The normalized spacial score (nSPS) is 16.1. The molecule has 0 fully saturated rings. The second kappa shape index (κ2) is 2.20. The maximum atomic E-state index is 4.13. The molecule has 0 saturated carbocycles. The van der Waals surface area contributed by atoms with Crippen LogP contribution in [0.3, 0.4) is 0 Å². The van der Waals surface area contributed by atoms with Crippen molar-refractivity contribution in [2.45, 2.75) is 11.9 Å². The van der Waals surface area contributed by atoms with Gasteiger partial charge in [-0.3, -0.25) is 5.10 Å². The Hall–Kier alpha value is -0.640. The smallest absolute Gasteiger partial charge is 0.141 e. The third kappa shape index (κ3) is 0.794. The second-order valence-corrected chi connectivity index (χ2v) is 3.39. The average Bonchev–Trinajstić information content (AvgIpc) is 2.34. The zero-order valence-corrected chi connectivity index (χ0v) is 6.59. The van der Waals surface area contributed by atoms with Crippen molar-refractivity contribution in [1.29, 1.82) is 0 Å². The highest BCUT2D eigenvalue weighted by Crippen LogP contribution is 2.30. The average molecular weight is 155 g/mol. The van der Waals surface area contributed by atoms with Crippen molar-refractivity contribution in [3.8, 4) is 0 Å². The van der Waals surface area contributed by atoms with Gasteiger partial charge in [0.25, 0.3) is 0 Å². The molecule has 0 bridgehead atoms. The summed E-state index contributed by atoms with van der Waals surface area (Å²) < 4.78 is 0. The van der Waals surface area contributed by atoms with Crippen LogP contribution in [0.15, 0.2) is 5.03 Å². The number of hydrogen-bond acceptors (Lipinski definition) is 3. The van der Waals surface area contributed by atoms with E-state index in [-0.39, 0.29) is 0 Å². The number of aryl methyl sites for hydroxylation is 1. The van der Waals surface area contributed by atoms with Crippen molar-refractivity contribution >= 4 is 17.4 Å². The van der Waals surface area contributed by atoms with Gasteiger partial charge in [0.2, 0.25) is 0 Å². The van der Waals surface area contributed by atoms with E-state index in [1.807, 2.05) is 6.92 Å². The molecule has 10 heavy (non-hydrogen) atoms. The lowest BCUT2D eigenvalue weighted by atomic mass is 10.4. The maximum absolute atomic E-state index is 4.13. The standard InChI is InChI=1S/C6H9N3S/c1-4-5-6(9-8-4)10-3-2-7-5/h7H,2-3H2,1H3,(H,8,9). The molecule has 54 valence electrons. The van der Waals surface area contributed by atoms with Crippen molar-refractivity contribution in [3.05, 3.63) is 5.69 Å². The number of rotatable bonds is 0. The number of nitrogens with one attached hydrogen (secondary N) is 2. The zero-order chi connectivity index (χ0) is 6.97. The number of hydrogen-bond donors (Lipinski definition) is 2. The zero-order valence-electron chi connectivity index (χ0n) is 5.77. The number of H-pyrrole nitrogens is 1. The monoisotopic (exact) mass is 155 g/mol. The van der Waals surface area contributed by atoms with E-state index in [4.69, 9.17) is 0 Å². The van der Waals surface area contributed by atoms with Crippen LogP contribution in [0.25, 0.3) is 0 Å². The van der Waals surface area contributed by atoms with Crippen molar-refractivity contribution in [1.82, 2.24) is 10.2 Å². The van der Waals surface area contributed by atoms with Gasteiger partial charge in [-0.05, 0) is 6.92 Å². The van der Waals surface area contributed by atoms with E-state index in [1.165, 1.54) is 5.69 Å². The summed E-state index contributed by atoms with van der Waals surface area (Å²) in [5, 5.41) is 11.5. The first-order valence-corrected chi connectivity index (χ1v) is 4.28. The van der Waals surface area contributed by atoms with Crippen LogP contribution >= 0.6 is 11.8 Å². The molecule has 1 aromatic heterocycles. The molecule has 0 saturated heterocycles. The SMILES string of the molecule is Cc1[nH]nc2c1NCCS2. The molecule has 2 N–H and O–H groups in total. The van der Waals surface area contributed by atoms with E-state index in [1.54, 1.807) is 11.8 Å². The Bertz CT molecular complexity index is 243. The highest BCUT2D eigenvalue weighted by atomic mass is 32.2. The quantitative estimate of drug-likeness (QED) is 0.592. The van der Waals surface area contributed by atoms with Gasteiger partial charge < -0.3 is 5.32 Å². The van der Waals surface area contributed by atoms with Gasteiger partial charge in [0.05, 0.1) is 11.4 Å². The molecule has 0 aromatic carbocycles. The predicted octanol–water partition coefficient (Wildman–Crippen LogP) is 1.24.